The molecule has 0 N–H and O–H groups in total. The largest absolute Gasteiger partial charge is 0.380 e. The molecule has 0 atom stereocenters. The van der Waals surface area contributed by atoms with Crippen LogP contribution in [0.25, 0.3) is 0 Å². The third kappa shape index (κ3) is 2.03. The minimum absolute atomic E-state index is 0.113. The van der Waals surface area contributed by atoms with Crippen LogP contribution in [0.4, 0.5) is 13.2 Å². The zero-order chi connectivity index (χ0) is 10.0. The lowest BCUT2D eigenvalue weighted by Gasteiger charge is -2.05. The maximum atomic E-state index is 13.1. The summed E-state index contributed by atoms with van der Waals surface area (Å²) in [5.74, 6) is -3.14. The topological polar surface area (TPSA) is 9.23 Å². The average molecular weight is 255 g/mol. The van der Waals surface area contributed by atoms with Crippen LogP contribution in [-0.2, 0) is 11.3 Å². The Bertz CT molecular complexity index is 301. The lowest BCUT2D eigenvalue weighted by molar-refractivity contribution is 0.176. The lowest BCUT2D eigenvalue weighted by atomic mass is 10.2. The molecule has 0 aliphatic carbocycles. The van der Waals surface area contributed by atoms with Crippen molar-refractivity contribution in [1.29, 1.82) is 0 Å². The van der Waals surface area contributed by atoms with Crippen molar-refractivity contribution in [2.24, 2.45) is 0 Å². The Morgan fingerprint density at radius 2 is 1.92 bits per heavy atom. The number of hydrogen-bond acceptors (Lipinski definition) is 1. The molecule has 0 heterocycles. The van der Waals surface area contributed by atoms with Crippen molar-refractivity contribution in [2.75, 3.05) is 7.11 Å². The second kappa shape index (κ2) is 4.11. The molecule has 0 fully saturated rings. The van der Waals surface area contributed by atoms with Gasteiger partial charge in [-0.3, -0.25) is 0 Å². The summed E-state index contributed by atoms with van der Waals surface area (Å²) >= 11 is 2.76. The van der Waals surface area contributed by atoms with Gasteiger partial charge in [-0.1, -0.05) is 0 Å². The molecule has 5 heteroatoms. The molecule has 0 spiro atoms. The molecule has 1 aromatic carbocycles. The number of methoxy groups -OCH3 is 1. The first-order chi connectivity index (χ1) is 6.07. The van der Waals surface area contributed by atoms with Gasteiger partial charge in [0, 0.05) is 7.11 Å². The Morgan fingerprint density at radius 1 is 1.31 bits per heavy atom. The lowest BCUT2D eigenvalue weighted by Crippen LogP contribution is -2.01. The van der Waals surface area contributed by atoms with E-state index in [-0.39, 0.29) is 11.1 Å². The third-order valence-corrected chi connectivity index (χ3v) is 2.07. The standard InChI is InChI=1S/C8H6BrF3O/c1-13-3-4-7(11)5(9)2-6(10)8(4)12/h2H,3H2,1H3. The average Bonchev–Trinajstić information content (AvgIpc) is 2.09. The van der Waals surface area contributed by atoms with E-state index >= 15 is 0 Å². The summed E-state index contributed by atoms with van der Waals surface area (Å²) in [6, 6.07) is 0.740. The van der Waals surface area contributed by atoms with Crippen molar-refractivity contribution in [1.82, 2.24) is 0 Å². The van der Waals surface area contributed by atoms with Crippen LogP contribution >= 0.6 is 15.9 Å². The van der Waals surface area contributed by atoms with E-state index in [0.717, 1.165) is 6.07 Å². The van der Waals surface area contributed by atoms with Crippen LogP contribution < -0.4 is 0 Å². The van der Waals surface area contributed by atoms with Crippen molar-refractivity contribution >= 4 is 15.9 Å². The van der Waals surface area contributed by atoms with Gasteiger partial charge in [-0.15, -0.1) is 0 Å². The fourth-order valence-electron chi connectivity index (χ4n) is 0.894. The van der Waals surface area contributed by atoms with Crippen molar-refractivity contribution in [2.45, 2.75) is 6.61 Å². The molecule has 0 radical (unpaired) electrons. The fourth-order valence-corrected chi connectivity index (χ4v) is 1.33. The second-order valence-corrected chi connectivity index (χ2v) is 3.23. The summed E-state index contributed by atoms with van der Waals surface area (Å²) in [5.41, 5.74) is -0.408. The number of rotatable bonds is 2. The molecule has 0 saturated carbocycles. The summed E-state index contributed by atoms with van der Waals surface area (Å²) in [6.07, 6.45) is 0. The maximum absolute atomic E-state index is 13.1. The predicted octanol–water partition coefficient (Wildman–Crippen LogP) is 3.01. The van der Waals surface area contributed by atoms with Gasteiger partial charge in [0.2, 0.25) is 0 Å². The molecule has 0 aliphatic heterocycles. The molecule has 0 amide bonds. The van der Waals surface area contributed by atoms with Gasteiger partial charge < -0.3 is 4.74 Å². The highest BCUT2D eigenvalue weighted by atomic mass is 79.9. The van der Waals surface area contributed by atoms with Crippen molar-refractivity contribution in [3.05, 3.63) is 33.6 Å². The summed E-state index contributed by atoms with van der Waals surface area (Å²) in [5, 5.41) is 0. The number of benzene rings is 1. The molecular weight excluding hydrogens is 249 g/mol. The number of ether oxygens (including phenoxy) is 1. The zero-order valence-corrected chi connectivity index (χ0v) is 8.29. The molecule has 0 unspecified atom stereocenters. The molecule has 13 heavy (non-hydrogen) atoms. The zero-order valence-electron chi connectivity index (χ0n) is 6.70. The highest BCUT2D eigenvalue weighted by Crippen LogP contribution is 2.24. The Kier molecular flexibility index (Phi) is 3.33. The van der Waals surface area contributed by atoms with Crippen molar-refractivity contribution < 1.29 is 17.9 Å². The van der Waals surface area contributed by atoms with Gasteiger partial charge in [-0.05, 0) is 22.0 Å². The third-order valence-electron chi connectivity index (χ3n) is 1.49. The van der Waals surface area contributed by atoms with E-state index in [0.29, 0.717) is 0 Å². The predicted molar refractivity (Wildman–Crippen MR) is 44.7 cm³/mol. The fraction of sp³-hybridized carbons (Fsp3) is 0.250. The van der Waals surface area contributed by atoms with Crippen molar-refractivity contribution in [3.63, 3.8) is 0 Å². The maximum Gasteiger partial charge on any atom is 0.167 e. The minimum Gasteiger partial charge on any atom is -0.380 e. The summed E-state index contributed by atoms with van der Waals surface area (Å²) in [7, 11) is 1.28. The second-order valence-electron chi connectivity index (χ2n) is 2.38. The van der Waals surface area contributed by atoms with Crippen LogP contribution in [0.3, 0.4) is 0 Å². The smallest absolute Gasteiger partial charge is 0.167 e. The van der Waals surface area contributed by atoms with Gasteiger partial charge >= 0.3 is 0 Å². The summed E-state index contributed by atoms with van der Waals surface area (Å²) in [6.45, 7) is -0.298. The van der Waals surface area contributed by atoms with Crippen LogP contribution in [0.5, 0.6) is 0 Å². The molecule has 0 saturated heterocycles. The minimum atomic E-state index is -1.21. The summed E-state index contributed by atoms with van der Waals surface area (Å²) in [4.78, 5) is 0. The first-order valence-corrected chi connectivity index (χ1v) is 4.18. The van der Waals surface area contributed by atoms with Crippen LogP contribution in [0, 0.1) is 17.5 Å². The summed E-state index contributed by atoms with van der Waals surface area (Å²) < 4.78 is 43.1. The first-order valence-electron chi connectivity index (χ1n) is 3.38. The molecule has 1 rings (SSSR count). The van der Waals surface area contributed by atoms with Gasteiger partial charge in [0.1, 0.15) is 5.82 Å². The Balaban J connectivity index is 3.28. The Morgan fingerprint density at radius 3 is 2.46 bits per heavy atom. The van der Waals surface area contributed by atoms with Gasteiger partial charge in [-0.25, -0.2) is 13.2 Å². The number of hydrogen-bond donors (Lipinski definition) is 0. The Labute approximate surface area is 81.6 Å². The molecule has 0 aromatic heterocycles. The SMILES string of the molecule is COCc1c(F)c(F)cc(Br)c1F. The molecule has 1 aromatic rings. The van der Waals surface area contributed by atoms with Crippen LogP contribution in [0.2, 0.25) is 0 Å². The van der Waals surface area contributed by atoms with Gasteiger partial charge in [-0.2, -0.15) is 0 Å². The van der Waals surface area contributed by atoms with E-state index in [1.807, 2.05) is 0 Å². The van der Waals surface area contributed by atoms with E-state index in [2.05, 4.69) is 20.7 Å². The van der Waals surface area contributed by atoms with Crippen LogP contribution in [0.1, 0.15) is 5.56 Å². The monoisotopic (exact) mass is 254 g/mol. The van der Waals surface area contributed by atoms with Crippen LogP contribution in [-0.4, -0.2) is 7.11 Å². The van der Waals surface area contributed by atoms with Crippen LogP contribution in [0.15, 0.2) is 10.5 Å². The first kappa shape index (κ1) is 10.5. The van der Waals surface area contributed by atoms with Gasteiger partial charge in [0.25, 0.3) is 0 Å². The van der Waals surface area contributed by atoms with E-state index in [1.165, 1.54) is 7.11 Å². The molecule has 0 bridgehead atoms. The highest BCUT2D eigenvalue weighted by Gasteiger charge is 2.16. The van der Waals surface area contributed by atoms with Gasteiger partial charge in [0.15, 0.2) is 11.6 Å². The van der Waals surface area contributed by atoms with Crippen molar-refractivity contribution in [3.8, 4) is 0 Å². The molecule has 1 nitrogen and oxygen atoms in total. The van der Waals surface area contributed by atoms with E-state index < -0.39 is 23.0 Å². The quantitative estimate of drug-likeness (QED) is 0.738. The normalized spacial score (nSPS) is 10.5. The highest BCUT2D eigenvalue weighted by molar-refractivity contribution is 9.10. The Hall–Kier alpha value is -0.550. The van der Waals surface area contributed by atoms with E-state index in [9.17, 15) is 13.2 Å². The van der Waals surface area contributed by atoms with E-state index in [1.54, 1.807) is 0 Å². The molecule has 0 aliphatic rings. The van der Waals surface area contributed by atoms with Gasteiger partial charge in [0.05, 0.1) is 16.6 Å². The molecule has 72 valence electrons. The van der Waals surface area contributed by atoms with E-state index in [4.69, 9.17) is 0 Å². The number of halogens is 4. The molecular formula is C8H6BrF3O.